The van der Waals surface area contributed by atoms with Crippen molar-refractivity contribution < 1.29 is 9.53 Å². The number of piperazine rings is 1. The summed E-state index contributed by atoms with van der Waals surface area (Å²) in [5, 5.41) is 7.39. The number of hydrogen-bond donors (Lipinski definition) is 2. The van der Waals surface area contributed by atoms with Gasteiger partial charge in [0.1, 0.15) is 16.9 Å². The van der Waals surface area contributed by atoms with Crippen molar-refractivity contribution >= 4 is 22.9 Å². The molecule has 1 fully saturated rings. The molecule has 174 valence electrons. The number of benzene rings is 1. The molecule has 2 aromatic heterocycles. The Hall–Kier alpha value is -3.17. The fraction of sp³-hybridized carbons (Fsp3) is 0.458. The molecule has 9 nitrogen and oxygen atoms in total. The predicted octanol–water partition coefficient (Wildman–Crippen LogP) is 2.16. The first-order valence-electron chi connectivity index (χ1n) is 11.5. The Balaban J connectivity index is 1.44. The van der Waals surface area contributed by atoms with Gasteiger partial charge >= 0.3 is 0 Å². The number of nitrogens with one attached hydrogen (secondary N) is 1. The maximum absolute atomic E-state index is 13.2. The molecular weight excluding hydrogens is 418 g/mol. The van der Waals surface area contributed by atoms with Crippen molar-refractivity contribution in [2.24, 2.45) is 5.73 Å². The SMILES string of the molecule is C[C@@H](N)CN1CCN(c2cc3c(cc2NC(=O)c2cnn4cccnc24)CC(C)(C)O3)CC1. The van der Waals surface area contributed by atoms with Gasteiger partial charge in [0.25, 0.3) is 5.91 Å². The minimum absolute atomic E-state index is 0.154. The maximum Gasteiger partial charge on any atom is 0.261 e. The predicted molar refractivity (Wildman–Crippen MR) is 128 cm³/mol. The molecule has 1 amide bonds. The molecule has 0 aliphatic carbocycles. The van der Waals surface area contributed by atoms with Crippen LogP contribution in [-0.4, -0.2) is 69.8 Å². The minimum Gasteiger partial charge on any atom is -0.487 e. The molecule has 0 unspecified atom stereocenters. The van der Waals surface area contributed by atoms with E-state index >= 15 is 0 Å². The van der Waals surface area contributed by atoms with E-state index in [2.05, 4.69) is 51.2 Å². The Labute approximate surface area is 193 Å². The van der Waals surface area contributed by atoms with Gasteiger partial charge in [0.15, 0.2) is 5.65 Å². The highest BCUT2D eigenvalue weighted by Crippen LogP contribution is 2.42. The van der Waals surface area contributed by atoms with E-state index in [0.29, 0.717) is 11.2 Å². The number of carbonyl (C=O) groups excluding carboxylic acids is 1. The van der Waals surface area contributed by atoms with E-state index in [1.54, 1.807) is 29.2 Å². The number of fused-ring (bicyclic) bond motifs is 2. The van der Waals surface area contributed by atoms with Crippen LogP contribution in [0.15, 0.2) is 36.8 Å². The Morgan fingerprint density at radius 2 is 2.06 bits per heavy atom. The average Bonchev–Trinajstić information content (AvgIpc) is 3.32. The number of aromatic nitrogens is 3. The summed E-state index contributed by atoms with van der Waals surface area (Å²) < 4.78 is 7.80. The third-order valence-corrected chi connectivity index (χ3v) is 6.21. The topological polar surface area (TPSA) is 101 Å². The van der Waals surface area contributed by atoms with E-state index in [1.807, 2.05) is 6.92 Å². The Bertz CT molecular complexity index is 1180. The van der Waals surface area contributed by atoms with Gasteiger partial charge in [-0.05, 0) is 32.9 Å². The van der Waals surface area contributed by atoms with Crippen LogP contribution in [-0.2, 0) is 6.42 Å². The van der Waals surface area contributed by atoms with Gasteiger partial charge in [-0.3, -0.25) is 9.69 Å². The first-order chi connectivity index (χ1) is 15.8. The number of hydrogen-bond acceptors (Lipinski definition) is 7. The molecule has 4 heterocycles. The second kappa shape index (κ2) is 8.31. The van der Waals surface area contributed by atoms with Gasteiger partial charge in [-0.15, -0.1) is 0 Å². The number of ether oxygens (including phenoxy) is 1. The molecule has 9 heteroatoms. The number of rotatable bonds is 5. The van der Waals surface area contributed by atoms with Crippen molar-refractivity contribution in [3.63, 3.8) is 0 Å². The van der Waals surface area contributed by atoms with E-state index < -0.39 is 0 Å². The summed E-state index contributed by atoms with van der Waals surface area (Å²) in [5.74, 6) is 0.669. The number of nitrogens with two attached hydrogens (primary N) is 1. The number of amides is 1. The van der Waals surface area contributed by atoms with Crippen LogP contribution in [0.4, 0.5) is 11.4 Å². The fourth-order valence-corrected chi connectivity index (χ4v) is 4.76. The van der Waals surface area contributed by atoms with Gasteiger partial charge in [-0.2, -0.15) is 5.10 Å². The number of carbonyl (C=O) groups is 1. The molecule has 1 saturated heterocycles. The highest BCUT2D eigenvalue weighted by molar-refractivity contribution is 6.09. The molecular formula is C24H31N7O2. The lowest BCUT2D eigenvalue weighted by molar-refractivity contribution is 0.102. The molecule has 5 rings (SSSR count). The van der Waals surface area contributed by atoms with Crippen molar-refractivity contribution in [3.8, 4) is 5.75 Å². The normalized spacial score (nSPS) is 18.7. The summed E-state index contributed by atoms with van der Waals surface area (Å²) in [4.78, 5) is 22.3. The molecule has 0 spiro atoms. The van der Waals surface area contributed by atoms with Gasteiger partial charge < -0.3 is 20.7 Å². The summed E-state index contributed by atoms with van der Waals surface area (Å²) >= 11 is 0. The van der Waals surface area contributed by atoms with Gasteiger partial charge in [0, 0.05) is 69.2 Å². The summed E-state index contributed by atoms with van der Waals surface area (Å²) in [6, 6.07) is 6.08. The first-order valence-corrected chi connectivity index (χ1v) is 11.5. The monoisotopic (exact) mass is 449 g/mol. The highest BCUT2D eigenvalue weighted by atomic mass is 16.5. The summed E-state index contributed by atoms with van der Waals surface area (Å²) in [7, 11) is 0. The van der Waals surface area contributed by atoms with Crippen LogP contribution >= 0.6 is 0 Å². The van der Waals surface area contributed by atoms with Crippen LogP contribution in [0.25, 0.3) is 5.65 Å². The maximum atomic E-state index is 13.2. The lowest BCUT2D eigenvalue weighted by Gasteiger charge is -2.37. The van der Waals surface area contributed by atoms with E-state index in [1.165, 1.54) is 0 Å². The number of anilines is 2. The molecule has 0 saturated carbocycles. The fourth-order valence-electron chi connectivity index (χ4n) is 4.76. The first kappa shape index (κ1) is 21.7. The van der Waals surface area contributed by atoms with Gasteiger partial charge in [0.2, 0.25) is 0 Å². The molecule has 1 aromatic carbocycles. The Morgan fingerprint density at radius 3 is 2.82 bits per heavy atom. The van der Waals surface area contributed by atoms with Crippen LogP contribution < -0.4 is 20.7 Å². The van der Waals surface area contributed by atoms with Crippen LogP contribution in [0.3, 0.4) is 0 Å². The van der Waals surface area contributed by atoms with Crippen LogP contribution in [0.2, 0.25) is 0 Å². The lowest BCUT2D eigenvalue weighted by atomic mass is 10.0. The summed E-state index contributed by atoms with van der Waals surface area (Å²) in [6.45, 7) is 10.7. The van der Waals surface area contributed by atoms with Crippen LogP contribution in [0.5, 0.6) is 5.75 Å². The molecule has 1 atom stereocenters. The molecule has 3 aromatic rings. The second-order valence-corrected chi connectivity index (χ2v) is 9.68. The van der Waals surface area contributed by atoms with Crippen molar-refractivity contribution in [3.05, 3.63) is 47.9 Å². The van der Waals surface area contributed by atoms with Crippen molar-refractivity contribution in [1.82, 2.24) is 19.5 Å². The standard InChI is InChI=1S/C24H31N7O2/c1-16(25)15-29-7-9-30(10-8-29)20-12-21-17(13-24(2,3)33-21)11-19(20)28-23(32)18-14-27-31-6-4-5-26-22(18)31/h4-6,11-12,14,16H,7-10,13,15,25H2,1-3H3,(H,28,32)/t16-/m1/s1. The van der Waals surface area contributed by atoms with Crippen LogP contribution in [0, 0.1) is 0 Å². The zero-order valence-corrected chi connectivity index (χ0v) is 19.4. The van der Waals surface area contributed by atoms with Gasteiger partial charge in [0.05, 0.1) is 17.6 Å². The molecule has 3 N–H and O–H groups in total. The van der Waals surface area contributed by atoms with E-state index in [-0.39, 0.29) is 17.6 Å². The second-order valence-electron chi connectivity index (χ2n) is 9.68. The van der Waals surface area contributed by atoms with E-state index in [4.69, 9.17) is 10.5 Å². The van der Waals surface area contributed by atoms with Gasteiger partial charge in [-0.25, -0.2) is 9.50 Å². The molecule has 2 aliphatic rings. The lowest BCUT2D eigenvalue weighted by Crippen LogP contribution is -2.49. The number of nitrogens with zero attached hydrogens (tertiary/aromatic N) is 5. The third kappa shape index (κ3) is 4.38. The van der Waals surface area contributed by atoms with Crippen molar-refractivity contribution in [2.75, 3.05) is 42.9 Å². The quantitative estimate of drug-likeness (QED) is 0.616. The summed E-state index contributed by atoms with van der Waals surface area (Å²) in [5.41, 5.74) is 9.58. The highest BCUT2D eigenvalue weighted by Gasteiger charge is 2.32. The van der Waals surface area contributed by atoms with Crippen molar-refractivity contribution in [2.45, 2.75) is 38.8 Å². The smallest absolute Gasteiger partial charge is 0.261 e. The average molecular weight is 450 g/mol. The van der Waals surface area contributed by atoms with Crippen molar-refractivity contribution in [1.29, 1.82) is 0 Å². The molecule has 33 heavy (non-hydrogen) atoms. The zero-order valence-electron chi connectivity index (χ0n) is 19.4. The Kier molecular flexibility index (Phi) is 5.46. The third-order valence-electron chi connectivity index (χ3n) is 6.21. The molecule has 0 bridgehead atoms. The minimum atomic E-state index is -0.259. The Morgan fingerprint density at radius 1 is 1.27 bits per heavy atom. The van der Waals surface area contributed by atoms with Gasteiger partial charge in [-0.1, -0.05) is 0 Å². The molecule has 0 radical (unpaired) electrons. The summed E-state index contributed by atoms with van der Waals surface area (Å²) in [6.07, 6.45) is 5.80. The molecule has 2 aliphatic heterocycles. The largest absolute Gasteiger partial charge is 0.487 e. The zero-order chi connectivity index (χ0) is 23.2. The van der Waals surface area contributed by atoms with Crippen LogP contribution in [0.1, 0.15) is 36.7 Å². The van der Waals surface area contributed by atoms with E-state index in [9.17, 15) is 4.79 Å². The van der Waals surface area contributed by atoms with E-state index in [0.717, 1.165) is 61.8 Å².